The Bertz CT molecular complexity index is 1290. The molecule has 2 heterocycles. The molecule has 2 bridgehead atoms. The van der Waals surface area contributed by atoms with Crippen molar-refractivity contribution in [1.29, 1.82) is 0 Å². The van der Waals surface area contributed by atoms with Gasteiger partial charge >= 0.3 is 0 Å². The number of likely N-dealkylation sites (tertiary alicyclic amines) is 1. The van der Waals surface area contributed by atoms with Crippen molar-refractivity contribution in [2.75, 3.05) is 13.1 Å². The summed E-state index contributed by atoms with van der Waals surface area (Å²) in [5, 5.41) is 27.0. The van der Waals surface area contributed by atoms with E-state index in [4.69, 9.17) is 4.74 Å². The number of nitrogens with one attached hydrogen (secondary N) is 1. The number of aromatic hydroxyl groups is 1. The number of carbonyl (C=O) groups is 1. The van der Waals surface area contributed by atoms with Crippen LogP contribution < -0.4 is 10.1 Å². The summed E-state index contributed by atoms with van der Waals surface area (Å²) in [4.78, 5) is 16.6. The Kier molecular flexibility index (Phi) is 6.02. The van der Waals surface area contributed by atoms with E-state index in [-0.39, 0.29) is 29.7 Å². The molecule has 39 heavy (non-hydrogen) atoms. The van der Waals surface area contributed by atoms with Crippen LogP contribution in [0, 0.1) is 12.8 Å². The van der Waals surface area contributed by atoms with Crippen molar-refractivity contribution in [3.8, 4) is 11.5 Å². The monoisotopic (exact) mass is 530 g/mol. The van der Waals surface area contributed by atoms with Crippen LogP contribution in [-0.2, 0) is 16.6 Å². The van der Waals surface area contributed by atoms with Gasteiger partial charge in [0.1, 0.15) is 6.10 Å². The van der Waals surface area contributed by atoms with Crippen LogP contribution in [0.1, 0.15) is 86.5 Å². The molecule has 0 aromatic heterocycles. The number of rotatable bonds is 8. The van der Waals surface area contributed by atoms with E-state index in [1.165, 1.54) is 18.4 Å². The highest BCUT2D eigenvalue weighted by molar-refractivity contribution is 5.84. The van der Waals surface area contributed by atoms with Crippen LogP contribution in [0.15, 0.2) is 36.4 Å². The van der Waals surface area contributed by atoms with E-state index in [0.717, 1.165) is 67.8 Å². The molecule has 2 aromatic rings. The average molecular weight is 531 g/mol. The first-order valence-corrected chi connectivity index (χ1v) is 15.2. The Morgan fingerprint density at radius 1 is 1.18 bits per heavy atom. The van der Waals surface area contributed by atoms with Gasteiger partial charge in [0.05, 0.1) is 23.0 Å². The normalized spacial score (nSPS) is 33.3. The zero-order valence-electron chi connectivity index (χ0n) is 23.3. The number of nitrogens with zero attached hydrogens (tertiary/aromatic N) is 1. The summed E-state index contributed by atoms with van der Waals surface area (Å²) in [6.07, 6.45) is 7.89. The predicted octanol–water partition coefficient (Wildman–Crippen LogP) is 4.72. The first-order chi connectivity index (χ1) is 18.9. The highest BCUT2D eigenvalue weighted by atomic mass is 16.5. The summed E-state index contributed by atoms with van der Waals surface area (Å²) in [5.41, 5.74) is 2.89. The number of carbonyl (C=O) groups excluding carboxylic acids is 1. The molecule has 2 aliphatic heterocycles. The van der Waals surface area contributed by atoms with Crippen molar-refractivity contribution in [2.24, 2.45) is 5.92 Å². The molecular weight excluding hydrogens is 488 g/mol. The molecule has 2 aromatic carbocycles. The minimum absolute atomic E-state index is 0.0434. The third kappa shape index (κ3) is 3.70. The number of piperidine rings is 1. The Morgan fingerprint density at radius 2 is 2.00 bits per heavy atom. The van der Waals surface area contributed by atoms with Gasteiger partial charge in [-0.3, -0.25) is 9.69 Å². The summed E-state index contributed by atoms with van der Waals surface area (Å²) < 4.78 is 6.66. The van der Waals surface area contributed by atoms with Crippen LogP contribution in [-0.4, -0.2) is 57.9 Å². The van der Waals surface area contributed by atoms with Crippen molar-refractivity contribution in [1.82, 2.24) is 10.2 Å². The van der Waals surface area contributed by atoms with Crippen LogP contribution in [0.5, 0.6) is 11.5 Å². The lowest BCUT2D eigenvalue weighted by Crippen LogP contribution is -2.78. The number of benzene rings is 2. The fourth-order valence-electron chi connectivity index (χ4n) is 8.73. The lowest BCUT2D eigenvalue weighted by Gasteiger charge is -2.64. The van der Waals surface area contributed by atoms with Gasteiger partial charge in [0.25, 0.3) is 0 Å². The number of hydrogen-bond donors (Lipinski definition) is 3. The van der Waals surface area contributed by atoms with Crippen LogP contribution >= 0.6 is 0 Å². The van der Waals surface area contributed by atoms with Crippen molar-refractivity contribution >= 4 is 5.91 Å². The quantitative estimate of drug-likeness (QED) is 0.460. The van der Waals surface area contributed by atoms with Crippen molar-refractivity contribution in [3.63, 3.8) is 0 Å². The third-order valence-electron chi connectivity index (χ3n) is 10.8. The zero-order chi connectivity index (χ0) is 26.9. The molecule has 1 unspecified atom stereocenters. The molecule has 5 aliphatic rings. The summed E-state index contributed by atoms with van der Waals surface area (Å²) in [6, 6.07) is 11.8. The molecule has 3 aliphatic carbocycles. The molecule has 6 atom stereocenters. The smallest absolute Gasteiger partial charge is 0.227 e. The molecule has 1 spiro atoms. The lowest BCUT2D eigenvalue weighted by molar-refractivity contribution is -0.192. The van der Waals surface area contributed by atoms with Gasteiger partial charge in [-0.05, 0) is 87.1 Å². The summed E-state index contributed by atoms with van der Waals surface area (Å²) >= 11 is 0. The number of aryl methyl sites for hydroxylation is 1. The number of unbranched alkanes of at least 4 members (excludes halogenated alkanes) is 1. The maximum absolute atomic E-state index is 14.0. The molecule has 208 valence electrons. The molecule has 6 nitrogen and oxygen atoms in total. The molecule has 6 heteroatoms. The molecule has 7 rings (SSSR count). The standard InChI is InChI=1S/C33H42N2O4/c1-3-4-8-24(23-9-6-5-7-20(23)2)31(37)34-25-14-15-33(38)27-18-22-12-13-26(36)29-28(22)32(33,30(25)39-29)16-17-35(27)19-21-10-11-21/h5-7,9,12-13,21,24-25,27,30,36,38H,3-4,8,10-11,14-19H2,1-2H3,(H,34,37)/t24?,25-,27+,30-,32-,33+/m0/s1. The zero-order valence-corrected chi connectivity index (χ0v) is 23.3. The van der Waals surface area contributed by atoms with Crippen LogP contribution in [0.4, 0.5) is 0 Å². The van der Waals surface area contributed by atoms with Crippen LogP contribution in [0.2, 0.25) is 0 Å². The molecule has 1 amide bonds. The number of ether oxygens (including phenoxy) is 1. The molecule has 1 saturated heterocycles. The predicted molar refractivity (Wildman–Crippen MR) is 150 cm³/mol. The maximum Gasteiger partial charge on any atom is 0.227 e. The van der Waals surface area contributed by atoms with Crippen molar-refractivity contribution in [3.05, 3.63) is 58.7 Å². The van der Waals surface area contributed by atoms with Crippen molar-refractivity contribution < 1.29 is 19.7 Å². The summed E-state index contributed by atoms with van der Waals surface area (Å²) in [7, 11) is 0. The number of hydrogen-bond acceptors (Lipinski definition) is 5. The average Bonchev–Trinajstić information content (AvgIpc) is 3.66. The Hall–Kier alpha value is -2.57. The van der Waals surface area contributed by atoms with Crippen molar-refractivity contribution in [2.45, 2.75) is 107 Å². The molecular formula is C33H42N2O4. The first kappa shape index (κ1) is 25.4. The Labute approximate surface area is 231 Å². The maximum atomic E-state index is 14.0. The molecule has 3 N–H and O–H groups in total. The van der Waals surface area contributed by atoms with Gasteiger partial charge in [0.2, 0.25) is 5.91 Å². The topological polar surface area (TPSA) is 82.0 Å². The number of phenols is 1. The minimum Gasteiger partial charge on any atom is -0.504 e. The molecule has 0 radical (unpaired) electrons. The minimum atomic E-state index is -0.935. The second-order valence-corrected chi connectivity index (χ2v) is 13.0. The van der Waals surface area contributed by atoms with E-state index >= 15 is 0 Å². The molecule has 3 fully saturated rings. The van der Waals surface area contributed by atoms with E-state index in [9.17, 15) is 15.0 Å². The summed E-state index contributed by atoms with van der Waals surface area (Å²) in [6.45, 7) is 6.22. The largest absolute Gasteiger partial charge is 0.504 e. The third-order valence-corrected chi connectivity index (χ3v) is 10.8. The van der Waals surface area contributed by atoms with Gasteiger partial charge in [0.15, 0.2) is 11.5 Å². The van der Waals surface area contributed by atoms with Gasteiger partial charge in [0, 0.05) is 18.2 Å². The Balaban J connectivity index is 1.24. The fraction of sp³-hybridized carbons (Fsp3) is 0.606. The molecule has 2 saturated carbocycles. The van der Waals surface area contributed by atoms with E-state index in [0.29, 0.717) is 18.6 Å². The van der Waals surface area contributed by atoms with Gasteiger partial charge in [-0.25, -0.2) is 0 Å². The van der Waals surface area contributed by atoms with Crippen LogP contribution in [0.3, 0.4) is 0 Å². The highest BCUT2D eigenvalue weighted by Crippen LogP contribution is 2.65. The van der Waals surface area contributed by atoms with Crippen LogP contribution in [0.25, 0.3) is 0 Å². The van der Waals surface area contributed by atoms with E-state index < -0.39 is 17.1 Å². The highest BCUT2D eigenvalue weighted by Gasteiger charge is 2.73. The van der Waals surface area contributed by atoms with Gasteiger partial charge in [-0.2, -0.15) is 0 Å². The number of amides is 1. The van der Waals surface area contributed by atoms with E-state index in [1.807, 2.05) is 18.2 Å². The summed E-state index contributed by atoms with van der Waals surface area (Å²) in [5.74, 6) is 1.27. The second kappa shape index (κ2) is 9.24. The Morgan fingerprint density at radius 3 is 2.77 bits per heavy atom. The van der Waals surface area contributed by atoms with Gasteiger partial charge in [-0.15, -0.1) is 0 Å². The van der Waals surface area contributed by atoms with E-state index in [1.54, 1.807) is 6.07 Å². The SMILES string of the molecule is CCCCC(C(=O)N[C@H]1CC[C@@]2(O)[C@H]3Cc4ccc(O)c5c4[C@@]2(CCN3CC2CC2)[C@H]1O5)c1ccccc1C. The van der Waals surface area contributed by atoms with Gasteiger partial charge in [-0.1, -0.05) is 50.1 Å². The first-order valence-electron chi connectivity index (χ1n) is 15.2. The number of aliphatic hydroxyl groups is 1. The lowest BCUT2D eigenvalue weighted by atomic mass is 9.48. The fourth-order valence-corrected chi connectivity index (χ4v) is 8.73. The number of phenolic OH excluding ortho intramolecular Hbond substituents is 1. The van der Waals surface area contributed by atoms with E-state index in [2.05, 4.69) is 36.2 Å². The van der Waals surface area contributed by atoms with Gasteiger partial charge < -0.3 is 20.3 Å². The second-order valence-electron chi connectivity index (χ2n) is 13.0.